The molecule has 8 nitrogen and oxygen atoms in total. The van der Waals surface area contributed by atoms with Crippen molar-refractivity contribution in [3.05, 3.63) is 48.0 Å². The lowest BCUT2D eigenvalue weighted by Crippen LogP contribution is -2.34. The van der Waals surface area contributed by atoms with E-state index in [9.17, 15) is 14.4 Å². The van der Waals surface area contributed by atoms with Gasteiger partial charge in [-0.1, -0.05) is 12.1 Å². The topological polar surface area (TPSA) is 109 Å². The van der Waals surface area contributed by atoms with Gasteiger partial charge in [-0.05, 0) is 62.6 Å². The molecular weight excluding hydrogens is 396 g/mol. The molecule has 0 saturated carbocycles. The summed E-state index contributed by atoms with van der Waals surface area (Å²) in [5.41, 5.74) is 2.97. The summed E-state index contributed by atoms with van der Waals surface area (Å²) < 4.78 is 5.75. The van der Waals surface area contributed by atoms with Crippen molar-refractivity contribution in [2.45, 2.75) is 45.6 Å². The summed E-state index contributed by atoms with van der Waals surface area (Å²) in [6.07, 6.45) is 2.01. The van der Waals surface area contributed by atoms with Gasteiger partial charge in [-0.3, -0.25) is 9.59 Å². The lowest BCUT2D eigenvalue weighted by molar-refractivity contribution is -0.117. The number of rotatable bonds is 8. The van der Waals surface area contributed by atoms with E-state index in [1.807, 2.05) is 32.0 Å². The number of hydrogen-bond acceptors (Lipinski definition) is 4. The van der Waals surface area contributed by atoms with Crippen molar-refractivity contribution in [1.82, 2.24) is 5.32 Å². The molecule has 164 valence electrons. The first-order valence-electron chi connectivity index (χ1n) is 10.4. The quantitative estimate of drug-likeness (QED) is 0.482. The lowest BCUT2D eigenvalue weighted by atomic mass is 10.0. The van der Waals surface area contributed by atoms with Crippen molar-refractivity contribution in [3.63, 3.8) is 0 Å². The average Bonchev–Trinajstić information content (AvgIpc) is 2.72. The van der Waals surface area contributed by atoms with Crippen molar-refractivity contribution in [2.75, 3.05) is 22.6 Å². The van der Waals surface area contributed by atoms with E-state index in [1.165, 1.54) is 0 Å². The number of benzene rings is 2. The highest BCUT2D eigenvalue weighted by molar-refractivity contribution is 5.99. The van der Waals surface area contributed by atoms with Gasteiger partial charge >= 0.3 is 6.03 Å². The van der Waals surface area contributed by atoms with Crippen LogP contribution in [0.1, 0.15) is 38.7 Å². The molecule has 0 unspecified atom stereocenters. The van der Waals surface area contributed by atoms with E-state index in [0.29, 0.717) is 37.2 Å². The largest absolute Gasteiger partial charge is 0.494 e. The van der Waals surface area contributed by atoms with E-state index in [2.05, 4.69) is 21.3 Å². The summed E-state index contributed by atoms with van der Waals surface area (Å²) >= 11 is 0. The van der Waals surface area contributed by atoms with Crippen LogP contribution < -0.4 is 26.0 Å². The highest BCUT2D eigenvalue weighted by atomic mass is 16.5. The molecular formula is C23H28N4O4. The van der Waals surface area contributed by atoms with E-state index >= 15 is 0 Å². The number of aryl methyl sites for hydroxylation is 1. The first-order chi connectivity index (χ1) is 14.9. The number of nitrogens with one attached hydrogen (secondary N) is 4. The zero-order valence-corrected chi connectivity index (χ0v) is 17.8. The van der Waals surface area contributed by atoms with Gasteiger partial charge in [0.25, 0.3) is 0 Å². The minimum Gasteiger partial charge on any atom is -0.494 e. The number of amides is 4. The molecule has 0 fully saturated rings. The molecule has 0 atom stereocenters. The molecule has 4 amide bonds. The van der Waals surface area contributed by atoms with Crippen LogP contribution in [0.25, 0.3) is 0 Å². The number of anilines is 3. The Bertz CT molecular complexity index is 958. The van der Waals surface area contributed by atoms with E-state index in [-0.39, 0.29) is 30.3 Å². The van der Waals surface area contributed by atoms with Gasteiger partial charge < -0.3 is 26.0 Å². The Kier molecular flexibility index (Phi) is 7.48. The molecule has 2 aromatic rings. The monoisotopic (exact) mass is 424 g/mol. The average molecular weight is 425 g/mol. The van der Waals surface area contributed by atoms with Gasteiger partial charge in [0.15, 0.2) is 0 Å². The zero-order valence-electron chi connectivity index (χ0n) is 17.8. The van der Waals surface area contributed by atoms with Gasteiger partial charge in [0.05, 0.1) is 18.0 Å². The molecule has 3 rings (SSSR count). The number of para-hydroxylation sites is 2. The smallest absolute Gasteiger partial charge is 0.319 e. The van der Waals surface area contributed by atoms with E-state index < -0.39 is 0 Å². The van der Waals surface area contributed by atoms with Gasteiger partial charge in [-0.15, -0.1) is 0 Å². The van der Waals surface area contributed by atoms with Crippen LogP contribution in [-0.4, -0.2) is 30.5 Å². The minimum atomic E-state index is -0.324. The Morgan fingerprint density at radius 3 is 2.55 bits per heavy atom. The number of carbonyl (C=O) groups excluding carboxylic acids is 3. The second-order valence-corrected chi connectivity index (χ2v) is 7.67. The maximum Gasteiger partial charge on any atom is 0.319 e. The summed E-state index contributed by atoms with van der Waals surface area (Å²) in [5, 5.41) is 11.2. The van der Waals surface area contributed by atoms with Gasteiger partial charge in [0.1, 0.15) is 5.75 Å². The maximum atomic E-state index is 12.3. The number of carbonyl (C=O) groups is 3. The number of hydrogen-bond donors (Lipinski definition) is 4. The van der Waals surface area contributed by atoms with Crippen molar-refractivity contribution in [1.29, 1.82) is 0 Å². The molecule has 1 aliphatic heterocycles. The third-order valence-corrected chi connectivity index (χ3v) is 4.66. The third-order valence-electron chi connectivity index (χ3n) is 4.66. The molecule has 0 saturated heterocycles. The van der Waals surface area contributed by atoms with Gasteiger partial charge in [0.2, 0.25) is 11.8 Å². The fourth-order valence-corrected chi connectivity index (χ4v) is 3.21. The second-order valence-electron chi connectivity index (χ2n) is 7.67. The molecule has 8 heteroatoms. The summed E-state index contributed by atoms with van der Waals surface area (Å²) in [5.74, 6) is 0.598. The molecule has 1 aliphatic rings. The minimum absolute atomic E-state index is 0.00984. The van der Waals surface area contributed by atoms with E-state index in [1.54, 1.807) is 24.3 Å². The summed E-state index contributed by atoms with van der Waals surface area (Å²) in [4.78, 5) is 35.7. The molecule has 0 radical (unpaired) electrons. The Balaban J connectivity index is 1.45. The van der Waals surface area contributed by atoms with Gasteiger partial charge in [-0.2, -0.15) is 0 Å². The number of ether oxygens (including phenoxy) is 1. The predicted molar refractivity (Wildman–Crippen MR) is 120 cm³/mol. The lowest BCUT2D eigenvalue weighted by Gasteiger charge is -2.17. The van der Waals surface area contributed by atoms with Crippen molar-refractivity contribution < 1.29 is 19.1 Å². The highest BCUT2D eigenvalue weighted by Gasteiger charge is 2.15. The van der Waals surface area contributed by atoms with Gasteiger partial charge in [-0.25, -0.2) is 4.79 Å². The van der Waals surface area contributed by atoms with Crippen molar-refractivity contribution >= 4 is 34.9 Å². The van der Waals surface area contributed by atoms with Crippen molar-refractivity contribution in [2.24, 2.45) is 0 Å². The van der Waals surface area contributed by atoms with Crippen LogP contribution >= 0.6 is 0 Å². The molecule has 31 heavy (non-hydrogen) atoms. The molecule has 0 spiro atoms. The maximum absolute atomic E-state index is 12.3. The van der Waals surface area contributed by atoms with Gasteiger partial charge in [0, 0.05) is 24.6 Å². The molecule has 4 N–H and O–H groups in total. The van der Waals surface area contributed by atoms with E-state index in [4.69, 9.17) is 4.74 Å². The molecule has 0 aromatic heterocycles. The first-order valence-corrected chi connectivity index (χ1v) is 10.4. The number of urea groups is 1. The Hall–Kier alpha value is -3.55. The van der Waals surface area contributed by atoms with Crippen molar-refractivity contribution in [3.8, 4) is 5.75 Å². The molecule has 1 heterocycles. The van der Waals surface area contributed by atoms with Crippen LogP contribution in [0.4, 0.5) is 21.9 Å². The van der Waals surface area contributed by atoms with Crippen LogP contribution in [0.5, 0.6) is 5.75 Å². The summed E-state index contributed by atoms with van der Waals surface area (Å²) in [6.45, 7) is 4.14. The second kappa shape index (κ2) is 10.5. The number of fused-ring (bicyclic) bond motifs is 1. The SMILES string of the molecule is CC(C)NC(=O)Nc1ccccc1NC(=O)CCCOc1ccc2c(c1)CCC(=O)N2. The standard InChI is InChI=1S/C23H28N4O4/c1-15(2)24-23(30)27-20-7-4-3-6-19(20)26-21(28)8-5-13-31-17-10-11-18-16(14-17)9-12-22(29)25-18/h3-4,6-7,10-11,14-15H,5,8-9,12-13H2,1-2H3,(H,25,29)(H,26,28)(H2,24,27,30). The van der Waals surface area contributed by atoms with E-state index in [0.717, 1.165) is 17.0 Å². The van der Waals surface area contributed by atoms with Crippen LogP contribution in [0.15, 0.2) is 42.5 Å². The summed E-state index contributed by atoms with van der Waals surface area (Å²) in [7, 11) is 0. The zero-order chi connectivity index (χ0) is 22.2. The first kappa shape index (κ1) is 22.1. The Morgan fingerprint density at radius 2 is 1.81 bits per heavy atom. The normalized spacial score (nSPS) is 12.5. The fraction of sp³-hybridized carbons (Fsp3) is 0.348. The van der Waals surface area contributed by atoms with Crippen LogP contribution in [0, 0.1) is 0 Å². The highest BCUT2D eigenvalue weighted by Crippen LogP contribution is 2.27. The Labute approximate surface area is 181 Å². The van der Waals surface area contributed by atoms with Crippen LogP contribution in [0.2, 0.25) is 0 Å². The predicted octanol–water partition coefficient (Wildman–Crippen LogP) is 3.90. The molecule has 2 aromatic carbocycles. The van der Waals surface area contributed by atoms with Crippen LogP contribution in [-0.2, 0) is 16.0 Å². The third kappa shape index (κ3) is 6.74. The molecule has 0 bridgehead atoms. The molecule has 0 aliphatic carbocycles. The Morgan fingerprint density at radius 1 is 1.06 bits per heavy atom. The summed E-state index contributed by atoms with van der Waals surface area (Å²) in [6, 6.07) is 12.3. The van der Waals surface area contributed by atoms with Crippen LogP contribution in [0.3, 0.4) is 0 Å². The fourth-order valence-electron chi connectivity index (χ4n) is 3.21.